The van der Waals surface area contributed by atoms with E-state index in [1.807, 2.05) is 26.0 Å². The monoisotopic (exact) mass is 333 g/mol. The molecule has 0 aromatic carbocycles. The first kappa shape index (κ1) is 16.2. The third kappa shape index (κ3) is 3.48. The molecule has 5 nitrogen and oxygen atoms in total. The van der Waals surface area contributed by atoms with E-state index in [4.69, 9.17) is 10.2 Å². The minimum Gasteiger partial charge on any atom is -0.459 e. The third-order valence-electron chi connectivity index (χ3n) is 4.48. The molecule has 0 saturated heterocycles. The van der Waals surface area contributed by atoms with Crippen LogP contribution >= 0.6 is 11.3 Å². The normalized spacial score (nSPS) is 21.3. The second kappa shape index (κ2) is 6.84. The van der Waals surface area contributed by atoms with Crippen molar-refractivity contribution in [1.82, 2.24) is 10.3 Å². The van der Waals surface area contributed by atoms with Crippen molar-refractivity contribution in [2.24, 2.45) is 11.7 Å². The predicted molar refractivity (Wildman–Crippen MR) is 91.6 cm³/mol. The molecule has 2 heterocycles. The Morgan fingerprint density at radius 2 is 2.17 bits per heavy atom. The molecule has 2 unspecified atom stereocenters. The van der Waals surface area contributed by atoms with Crippen LogP contribution in [0.5, 0.6) is 0 Å². The third-order valence-corrected chi connectivity index (χ3v) is 5.65. The van der Waals surface area contributed by atoms with Gasteiger partial charge in [0.1, 0.15) is 10.6 Å². The number of furan rings is 1. The first-order valence-electron chi connectivity index (χ1n) is 8.13. The van der Waals surface area contributed by atoms with Gasteiger partial charge in [0.2, 0.25) is 0 Å². The van der Waals surface area contributed by atoms with Crippen molar-refractivity contribution in [3.63, 3.8) is 0 Å². The van der Waals surface area contributed by atoms with Crippen LogP contribution in [0, 0.1) is 19.8 Å². The summed E-state index contributed by atoms with van der Waals surface area (Å²) in [5.74, 6) is 1.90. The lowest BCUT2D eigenvalue weighted by atomic mass is 9.84. The van der Waals surface area contributed by atoms with Gasteiger partial charge in [0.25, 0.3) is 5.91 Å². The Morgan fingerprint density at radius 1 is 1.39 bits per heavy atom. The molecule has 1 amide bonds. The molecule has 1 aliphatic rings. The van der Waals surface area contributed by atoms with Crippen LogP contribution in [0.1, 0.15) is 46.8 Å². The molecule has 6 heteroatoms. The molecule has 0 bridgehead atoms. The number of nitrogens with one attached hydrogen (secondary N) is 1. The Bertz CT molecular complexity index is 692. The van der Waals surface area contributed by atoms with Gasteiger partial charge in [0, 0.05) is 6.04 Å². The van der Waals surface area contributed by atoms with Crippen molar-refractivity contribution >= 4 is 17.2 Å². The summed E-state index contributed by atoms with van der Waals surface area (Å²) in [7, 11) is 0. The van der Waals surface area contributed by atoms with Gasteiger partial charge in [-0.25, -0.2) is 4.98 Å². The van der Waals surface area contributed by atoms with Gasteiger partial charge >= 0.3 is 0 Å². The van der Waals surface area contributed by atoms with E-state index in [0.29, 0.717) is 23.1 Å². The van der Waals surface area contributed by atoms with Gasteiger partial charge in [-0.2, -0.15) is 0 Å². The second-order valence-corrected chi connectivity index (χ2v) is 7.20. The summed E-state index contributed by atoms with van der Waals surface area (Å²) in [5, 5.41) is 3.92. The molecule has 1 fully saturated rings. The van der Waals surface area contributed by atoms with E-state index in [1.165, 1.54) is 17.8 Å². The average molecular weight is 333 g/mol. The fourth-order valence-corrected chi connectivity index (χ4v) is 4.11. The molecule has 2 aromatic rings. The van der Waals surface area contributed by atoms with Crippen LogP contribution in [-0.2, 0) is 0 Å². The van der Waals surface area contributed by atoms with Gasteiger partial charge in [-0.1, -0.05) is 12.8 Å². The van der Waals surface area contributed by atoms with Gasteiger partial charge in [-0.05, 0) is 51.3 Å². The highest BCUT2D eigenvalue weighted by Crippen LogP contribution is 2.30. The standard InChI is InChI=1S/C17H23N3O2S/c1-10-7-8-14(22-10)17-19-11(2)15(23-17)16(21)20-13-6-4-3-5-12(13)9-18/h7-8,12-13H,3-6,9,18H2,1-2H3,(H,20,21). The number of carbonyl (C=O) groups excluding carboxylic acids is 1. The second-order valence-electron chi connectivity index (χ2n) is 6.20. The van der Waals surface area contributed by atoms with E-state index in [9.17, 15) is 4.79 Å². The van der Waals surface area contributed by atoms with Gasteiger partial charge in [0.05, 0.1) is 5.69 Å². The SMILES string of the molecule is Cc1ccc(-c2nc(C)c(C(=O)NC3CCCCC3CN)s2)o1. The van der Waals surface area contributed by atoms with E-state index >= 15 is 0 Å². The molecule has 3 rings (SSSR count). The van der Waals surface area contributed by atoms with E-state index in [2.05, 4.69) is 10.3 Å². The molecule has 2 aromatic heterocycles. The number of amides is 1. The number of thiazole rings is 1. The zero-order valence-corrected chi connectivity index (χ0v) is 14.4. The molecule has 0 aliphatic heterocycles. The lowest BCUT2D eigenvalue weighted by Crippen LogP contribution is -2.44. The van der Waals surface area contributed by atoms with E-state index in [-0.39, 0.29) is 11.9 Å². The maximum Gasteiger partial charge on any atom is 0.263 e. The first-order chi connectivity index (χ1) is 11.1. The molecular weight excluding hydrogens is 310 g/mol. The number of hydrogen-bond acceptors (Lipinski definition) is 5. The van der Waals surface area contributed by atoms with Crippen LogP contribution in [0.3, 0.4) is 0 Å². The van der Waals surface area contributed by atoms with Gasteiger partial charge in [-0.3, -0.25) is 4.79 Å². The Morgan fingerprint density at radius 3 is 2.87 bits per heavy atom. The minimum absolute atomic E-state index is 0.0418. The lowest BCUT2D eigenvalue weighted by Gasteiger charge is -2.31. The smallest absolute Gasteiger partial charge is 0.263 e. The van der Waals surface area contributed by atoms with Gasteiger partial charge in [0.15, 0.2) is 10.8 Å². The minimum atomic E-state index is -0.0418. The number of aryl methyl sites for hydroxylation is 2. The number of nitrogens with two attached hydrogens (primary N) is 1. The predicted octanol–water partition coefficient (Wildman–Crippen LogP) is 3.27. The first-order valence-corrected chi connectivity index (χ1v) is 8.95. The van der Waals surface area contributed by atoms with Crippen molar-refractivity contribution in [3.8, 4) is 10.8 Å². The number of hydrogen-bond donors (Lipinski definition) is 2. The van der Waals surface area contributed by atoms with Gasteiger partial charge < -0.3 is 15.5 Å². The number of aromatic nitrogens is 1. The van der Waals surface area contributed by atoms with Crippen molar-refractivity contribution in [2.75, 3.05) is 6.54 Å². The highest BCUT2D eigenvalue weighted by atomic mass is 32.1. The molecule has 124 valence electrons. The molecule has 1 aliphatic carbocycles. The number of nitrogens with zero attached hydrogens (tertiary/aromatic N) is 1. The summed E-state index contributed by atoms with van der Waals surface area (Å²) >= 11 is 1.38. The fraction of sp³-hybridized carbons (Fsp3) is 0.529. The van der Waals surface area contributed by atoms with Crippen molar-refractivity contribution in [1.29, 1.82) is 0 Å². The summed E-state index contributed by atoms with van der Waals surface area (Å²) in [4.78, 5) is 17.8. The van der Waals surface area contributed by atoms with Crippen molar-refractivity contribution < 1.29 is 9.21 Å². The summed E-state index contributed by atoms with van der Waals surface area (Å²) < 4.78 is 5.60. The van der Waals surface area contributed by atoms with Crippen LogP contribution in [0.2, 0.25) is 0 Å². The number of rotatable bonds is 4. The fourth-order valence-electron chi connectivity index (χ4n) is 3.18. The van der Waals surface area contributed by atoms with Crippen LogP contribution < -0.4 is 11.1 Å². The Labute approximate surface area is 140 Å². The van der Waals surface area contributed by atoms with Gasteiger partial charge in [-0.15, -0.1) is 11.3 Å². The quantitative estimate of drug-likeness (QED) is 0.900. The zero-order chi connectivity index (χ0) is 16.4. The molecule has 23 heavy (non-hydrogen) atoms. The Kier molecular flexibility index (Phi) is 4.82. The largest absolute Gasteiger partial charge is 0.459 e. The van der Waals surface area contributed by atoms with Crippen LogP contribution in [0.25, 0.3) is 10.8 Å². The topological polar surface area (TPSA) is 81.2 Å². The summed E-state index contributed by atoms with van der Waals surface area (Å²) in [6, 6.07) is 3.97. The van der Waals surface area contributed by atoms with Crippen LogP contribution in [0.4, 0.5) is 0 Å². The summed E-state index contributed by atoms with van der Waals surface area (Å²) in [6.45, 7) is 4.39. The lowest BCUT2D eigenvalue weighted by molar-refractivity contribution is 0.0911. The molecule has 0 radical (unpaired) electrons. The highest BCUT2D eigenvalue weighted by molar-refractivity contribution is 7.17. The maximum atomic E-state index is 12.6. The van der Waals surface area contributed by atoms with Crippen molar-refractivity contribution in [2.45, 2.75) is 45.6 Å². The molecule has 2 atom stereocenters. The molecule has 0 spiro atoms. The van der Waals surface area contributed by atoms with E-state index < -0.39 is 0 Å². The average Bonchev–Trinajstić information content (AvgIpc) is 3.13. The maximum absolute atomic E-state index is 12.6. The van der Waals surface area contributed by atoms with Crippen molar-refractivity contribution in [3.05, 3.63) is 28.5 Å². The summed E-state index contributed by atoms with van der Waals surface area (Å²) in [5.41, 5.74) is 6.59. The van der Waals surface area contributed by atoms with E-state index in [0.717, 1.165) is 35.7 Å². The molecule has 3 N–H and O–H groups in total. The van der Waals surface area contributed by atoms with E-state index in [1.54, 1.807) is 0 Å². The van der Waals surface area contributed by atoms with Crippen LogP contribution in [-0.4, -0.2) is 23.5 Å². The number of carbonyl (C=O) groups is 1. The summed E-state index contributed by atoms with van der Waals surface area (Å²) in [6.07, 6.45) is 4.46. The Balaban J connectivity index is 1.76. The molecule has 1 saturated carbocycles. The zero-order valence-electron chi connectivity index (χ0n) is 13.6. The molecular formula is C17H23N3O2S. The highest BCUT2D eigenvalue weighted by Gasteiger charge is 2.27. The Hall–Kier alpha value is -1.66. The van der Waals surface area contributed by atoms with Crippen LogP contribution in [0.15, 0.2) is 16.5 Å².